The van der Waals surface area contributed by atoms with Crippen molar-refractivity contribution in [1.82, 2.24) is 10.2 Å². The average Bonchev–Trinajstić information content (AvgIpc) is 2.43. The summed E-state index contributed by atoms with van der Waals surface area (Å²) in [5.74, 6) is -1.15. The summed E-state index contributed by atoms with van der Waals surface area (Å²) in [5, 5.41) is 11.8. The number of aliphatic carboxylic acids is 1. The van der Waals surface area contributed by atoms with E-state index in [2.05, 4.69) is 28.2 Å². The lowest BCUT2D eigenvalue weighted by atomic mass is 9.98. The summed E-state index contributed by atoms with van der Waals surface area (Å²) in [5.41, 5.74) is 1.09. The zero-order valence-corrected chi connectivity index (χ0v) is 13.5. The molecule has 2 atom stereocenters. The SMILES string of the molecule is CCC(c1cccc(Br)c1)N1CCNC(=O)C1CC(=O)O. The number of rotatable bonds is 5. The molecule has 1 saturated heterocycles. The molecule has 1 aliphatic heterocycles. The van der Waals surface area contributed by atoms with Crippen LogP contribution < -0.4 is 5.32 Å². The third kappa shape index (κ3) is 3.83. The van der Waals surface area contributed by atoms with E-state index < -0.39 is 12.0 Å². The smallest absolute Gasteiger partial charge is 0.305 e. The monoisotopic (exact) mass is 354 g/mol. The fraction of sp³-hybridized carbons (Fsp3) is 0.467. The van der Waals surface area contributed by atoms with Gasteiger partial charge in [-0.1, -0.05) is 35.0 Å². The van der Waals surface area contributed by atoms with E-state index in [0.717, 1.165) is 16.5 Å². The number of benzene rings is 1. The highest BCUT2D eigenvalue weighted by atomic mass is 79.9. The molecule has 5 nitrogen and oxygen atoms in total. The minimum absolute atomic E-state index is 0.0397. The Morgan fingerprint density at radius 2 is 2.33 bits per heavy atom. The van der Waals surface area contributed by atoms with Crippen molar-refractivity contribution in [3.8, 4) is 0 Å². The van der Waals surface area contributed by atoms with Gasteiger partial charge in [-0.05, 0) is 24.1 Å². The van der Waals surface area contributed by atoms with Crippen LogP contribution in [0.4, 0.5) is 0 Å². The summed E-state index contributed by atoms with van der Waals surface area (Å²) in [6.07, 6.45) is 0.649. The van der Waals surface area contributed by atoms with Gasteiger partial charge in [0.2, 0.25) is 5.91 Å². The van der Waals surface area contributed by atoms with Crippen LogP contribution in [0.3, 0.4) is 0 Å². The van der Waals surface area contributed by atoms with Gasteiger partial charge in [0.1, 0.15) is 6.04 Å². The quantitative estimate of drug-likeness (QED) is 0.850. The number of nitrogens with zero attached hydrogens (tertiary/aromatic N) is 1. The first kappa shape index (κ1) is 16.0. The van der Waals surface area contributed by atoms with Crippen molar-refractivity contribution in [1.29, 1.82) is 0 Å². The molecule has 0 bridgehead atoms. The lowest BCUT2D eigenvalue weighted by Crippen LogP contribution is -2.56. The summed E-state index contributed by atoms with van der Waals surface area (Å²) < 4.78 is 0.981. The van der Waals surface area contributed by atoms with Crippen LogP contribution in [-0.4, -0.2) is 41.0 Å². The molecule has 1 heterocycles. The molecule has 1 amide bonds. The van der Waals surface area contributed by atoms with Crippen LogP contribution >= 0.6 is 15.9 Å². The average molecular weight is 355 g/mol. The molecule has 1 aromatic rings. The first-order valence-electron chi connectivity index (χ1n) is 7.03. The van der Waals surface area contributed by atoms with Crippen LogP contribution in [0.5, 0.6) is 0 Å². The molecule has 6 heteroatoms. The number of nitrogens with one attached hydrogen (secondary N) is 1. The molecule has 0 radical (unpaired) electrons. The summed E-state index contributed by atoms with van der Waals surface area (Å²) >= 11 is 3.46. The van der Waals surface area contributed by atoms with Gasteiger partial charge >= 0.3 is 5.97 Å². The highest BCUT2D eigenvalue weighted by molar-refractivity contribution is 9.10. The number of hydrogen-bond donors (Lipinski definition) is 2. The van der Waals surface area contributed by atoms with Crippen LogP contribution in [-0.2, 0) is 9.59 Å². The van der Waals surface area contributed by atoms with Gasteiger partial charge in [-0.15, -0.1) is 0 Å². The maximum atomic E-state index is 12.0. The standard InChI is InChI=1S/C15H19BrN2O3/c1-2-12(10-4-3-5-11(16)8-10)18-7-6-17-15(21)13(18)9-14(19)20/h3-5,8,12-13H,2,6-7,9H2,1H3,(H,17,21)(H,19,20). The topological polar surface area (TPSA) is 69.6 Å². The van der Waals surface area contributed by atoms with Crippen LogP contribution in [0.25, 0.3) is 0 Å². The first-order chi connectivity index (χ1) is 10.0. The number of carboxylic acids is 1. The number of carbonyl (C=O) groups is 2. The third-order valence-corrected chi connectivity index (χ3v) is 4.25. The van der Waals surface area contributed by atoms with E-state index in [0.29, 0.717) is 13.1 Å². The molecule has 2 rings (SSSR count). The van der Waals surface area contributed by atoms with E-state index in [4.69, 9.17) is 5.11 Å². The van der Waals surface area contributed by atoms with E-state index in [1.54, 1.807) is 0 Å². The maximum Gasteiger partial charge on any atom is 0.305 e. The minimum Gasteiger partial charge on any atom is -0.481 e. The molecule has 0 aromatic heterocycles. The number of piperazine rings is 1. The Balaban J connectivity index is 2.29. The van der Waals surface area contributed by atoms with Crippen LogP contribution in [0.2, 0.25) is 0 Å². The van der Waals surface area contributed by atoms with Gasteiger partial charge < -0.3 is 10.4 Å². The van der Waals surface area contributed by atoms with Crippen LogP contribution in [0, 0.1) is 0 Å². The molecule has 114 valence electrons. The Bertz CT molecular complexity index is 535. The zero-order chi connectivity index (χ0) is 15.4. The van der Waals surface area contributed by atoms with Gasteiger partial charge in [0, 0.05) is 23.6 Å². The van der Waals surface area contributed by atoms with Crippen LogP contribution in [0.15, 0.2) is 28.7 Å². The molecule has 1 aromatic carbocycles. The predicted octanol–water partition coefficient (Wildman–Crippen LogP) is 2.18. The molecule has 0 saturated carbocycles. The maximum absolute atomic E-state index is 12.0. The van der Waals surface area contributed by atoms with E-state index in [1.807, 2.05) is 29.2 Å². The largest absolute Gasteiger partial charge is 0.481 e. The van der Waals surface area contributed by atoms with Gasteiger partial charge in [0.25, 0.3) is 0 Å². The predicted molar refractivity (Wildman–Crippen MR) is 82.9 cm³/mol. The van der Waals surface area contributed by atoms with Gasteiger partial charge in [-0.25, -0.2) is 0 Å². The number of carboxylic acid groups (broad SMARTS) is 1. The lowest BCUT2D eigenvalue weighted by molar-refractivity contribution is -0.144. The third-order valence-electron chi connectivity index (χ3n) is 3.76. The van der Waals surface area contributed by atoms with Gasteiger partial charge in [-0.2, -0.15) is 0 Å². The van der Waals surface area contributed by atoms with Crippen molar-refractivity contribution in [3.05, 3.63) is 34.3 Å². The Kier molecular flexibility index (Phi) is 5.36. The molecular formula is C15H19BrN2O3. The Hall–Kier alpha value is -1.40. The molecule has 0 spiro atoms. The minimum atomic E-state index is -0.953. The number of hydrogen-bond acceptors (Lipinski definition) is 3. The van der Waals surface area contributed by atoms with Gasteiger partial charge in [0.15, 0.2) is 0 Å². The Morgan fingerprint density at radius 1 is 1.57 bits per heavy atom. The second-order valence-corrected chi connectivity index (χ2v) is 6.04. The van der Waals surface area contributed by atoms with E-state index in [9.17, 15) is 9.59 Å². The normalized spacial score (nSPS) is 20.9. The molecular weight excluding hydrogens is 336 g/mol. The van der Waals surface area contributed by atoms with Crippen molar-refractivity contribution in [2.45, 2.75) is 31.8 Å². The zero-order valence-electron chi connectivity index (χ0n) is 11.9. The highest BCUT2D eigenvalue weighted by Crippen LogP contribution is 2.29. The van der Waals surface area contributed by atoms with Crippen molar-refractivity contribution >= 4 is 27.8 Å². The molecule has 1 aliphatic rings. The van der Waals surface area contributed by atoms with Crippen molar-refractivity contribution in [2.75, 3.05) is 13.1 Å². The van der Waals surface area contributed by atoms with Crippen molar-refractivity contribution < 1.29 is 14.7 Å². The van der Waals surface area contributed by atoms with E-state index >= 15 is 0 Å². The lowest BCUT2D eigenvalue weighted by Gasteiger charge is -2.40. The van der Waals surface area contributed by atoms with E-state index in [1.165, 1.54) is 0 Å². The fourth-order valence-corrected chi connectivity index (χ4v) is 3.27. The van der Waals surface area contributed by atoms with Gasteiger partial charge in [0.05, 0.1) is 6.42 Å². The van der Waals surface area contributed by atoms with Gasteiger partial charge in [-0.3, -0.25) is 14.5 Å². The Labute approximate surface area is 132 Å². The summed E-state index contributed by atoms with van der Waals surface area (Å²) in [7, 11) is 0. The molecule has 2 N–H and O–H groups in total. The summed E-state index contributed by atoms with van der Waals surface area (Å²) in [4.78, 5) is 25.1. The number of carbonyl (C=O) groups excluding carboxylic acids is 1. The molecule has 2 unspecified atom stereocenters. The van der Waals surface area contributed by atoms with Crippen molar-refractivity contribution in [3.63, 3.8) is 0 Å². The molecule has 0 aliphatic carbocycles. The van der Waals surface area contributed by atoms with Crippen molar-refractivity contribution in [2.24, 2.45) is 0 Å². The molecule has 1 fully saturated rings. The second-order valence-electron chi connectivity index (χ2n) is 5.12. The molecule has 21 heavy (non-hydrogen) atoms. The summed E-state index contributed by atoms with van der Waals surface area (Å²) in [6, 6.07) is 7.38. The Morgan fingerprint density at radius 3 is 2.95 bits per heavy atom. The van der Waals surface area contributed by atoms with E-state index in [-0.39, 0.29) is 18.4 Å². The second kappa shape index (κ2) is 7.04. The first-order valence-corrected chi connectivity index (χ1v) is 7.83. The number of amides is 1. The highest BCUT2D eigenvalue weighted by Gasteiger charge is 2.35. The summed E-state index contributed by atoms with van der Waals surface area (Å²) in [6.45, 7) is 3.27. The van der Waals surface area contributed by atoms with Crippen LogP contribution in [0.1, 0.15) is 31.4 Å². The number of halogens is 1. The fourth-order valence-electron chi connectivity index (χ4n) is 2.86.